The summed E-state index contributed by atoms with van der Waals surface area (Å²) in [5.41, 5.74) is 0.675. The van der Waals surface area contributed by atoms with Gasteiger partial charge >= 0.3 is 5.97 Å². The maximum Gasteiger partial charge on any atom is 0.328 e. The first-order valence-corrected chi connectivity index (χ1v) is 4.76. The Hall–Kier alpha value is -2.48. The van der Waals surface area contributed by atoms with Crippen molar-refractivity contribution in [1.82, 2.24) is 0 Å². The lowest BCUT2D eigenvalue weighted by Gasteiger charge is -2.08. The smallest absolute Gasteiger partial charge is 0.328 e. The highest BCUT2D eigenvalue weighted by molar-refractivity contribution is 5.85. The van der Waals surface area contributed by atoms with Crippen LogP contribution in [0, 0.1) is 11.3 Å². The summed E-state index contributed by atoms with van der Waals surface area (Å²) in [6.07, 6.45) is 2.48. The van der Waals surface area contributed by atoms with Gasteiger partial charge in [0.1, 0.15) is 6.07 Å². The van der Waals surface area contributed by atoms with Gasteiger partial charge in [0.2, 0.25) is 0 Å². The molecule has 88 valence electrons. The van der Waals surface area contributed by atoms with Crippen LogP contribution in [0.25, 0.3) is 6.08 Å². The lowest BCUT2D eigenvalue weighted by Crippen LogP contribution is -1.96. The standard InChI is InChI=1S/C12H11NO4/c1-16-11-8-9(3-5-12(14)15)2-4-10(11)17-7-6-13/h2-5,8H,7H2,1H3,(H,14,15)/b5-3+. The zero-order chi connectivity index (χ0) is 12.7. The van der Waals surface area contributed by atoms with E-state index in [4.69, 9.17) is 19.8 Å². The van der Waals surface area contributed by atoms with Crippen molar-refractivity contribution in [3.8, 4) is 17.6 Å². The maximum absolute atomic E-state index is 10.4. The first kappa shape index (κ1) is 12.6. The largest absolute Gasteiger partial charge is 0.493 e. The van der Waals surface area contributed by atoms with Crippen LogP contribution in [0.3, 0.4) is 0 Å². The molecule has 0 aliphatic rings. The Kier molecular flexibility index (Phi) is 4.58. The molecule has 0 aliphatic carbocycles. The molecule has 5 heteroatoms. The van der Waals surface area contributed by atoms with Crippen LogP contribution in [0.4, 0.5) is 0 Å². The summed E-state index contributed by atoms with van der Waals surface area (Å²) < 4.78 is 10.2. The van der Waals surface area contributed by atoms with Crippen LogP contribution in [0.15, 0.2) is 24.3 Å². The van der Waals surface area contributed by atoms with E-state index in [2.05, 4.69) is 0 Å². The van der Waals surface area contributed by atoms with Gasteiger partial charge in [-0.3, -0.25) is 0 Å². The number of hydrogen-bond acceptors (Lipinski definition) is 4. The number of carboxylic acids is 1. The van der Waals surface area contributed by atoms with E-state index in [1.165, 1.54) is 13.2 Å². The first-order chi connectivity index (χ1) is 8.17. The number of hydrogen-bond donors (Lipinski definition) is 1. The van der Waals surface area contributed by atoms with Gasteiger partial charge in [0.15, 0.2) is 18.1 Å². The van der Waals surface area contributed by atoms with Crippen LogP contribution < -0.4 is 9.47 Å². The fraction of sp³-hybridized carbons (Fsp3) is 0.167. The minimum atomic E-state index is -1.02. The predicted octanol–water partition coefficient (Wildman–Crippen LogP) is 1.70. The topological polar surface area (TPSA) is 79.6 Å². The molecule has 0 radical (unpaired) electrons. The highest BCUT2D eigenvalue weighted by Crippen LogP contribution is 2.28. The SMILES string of the molecule is COc1cc(/C=C/C(=O)O)ccc1OCC#N. The molecule has 0 heterocycles. The molecular formula is C12H11NO4. The minimum Gasteiger partial charge on any atom is -0.493 e. The Labute approximate surface area is 98.5 Å². The first-order valence-electron chi connectivity index (χ1n) is 4.76. The Morgan fingerprint density at radius 1 is 1.53 bits per heavy atom. The van der Waals surface area contributed by atoms with E-state index in [0.29, 0.717) is 17.1 Å². The number of benzene rings is 1. The van der Waals surface area contributed by atoms with Crippen molar-refractivity contribution in [2.24, 2.45) is 0 Å². The third-order valence-corrected chi connectivity index (χ3v) is 1.90. The average Bonchev–Trinajstić information content (AvgIpc) is 2.34. The van der Waals surface area contributed by atoms with Crippen molar-refractivity contribution in [2.45, 2.75) is 0 Å². The molecule has 1 aromatic rings. The molecule has 0 fully saturated rings. The predicted molar refractivity (Wildman–Crippen MR) is 60.8 cm³/mol. The summed E-state index contributed by atoms with van der Waals surface area (Å²) in [5.74, 6) is -0.122. The van der Waals surface area contributed by atoms with Gasteiger partial charge in [-0.05, 0) is 23.8 Å². The van der Waals surface area contributed by atoms with Gasteiger partial charge in [0.05, 0.1) is 7.11 Å². The average molecular weight is 233 g/mol. The molecule has 0 aromatic heterocycles. The Bertz CT molecular complexity index is 474. The summed E-state index contributed by atoms with van der Waals surface area (Å²) in [5, 5.41) is 16.9. The van der Waals surface area contributed by atoms with Crippen LogP contribution in [0.1, 0.15) is 5.56 Å². The van der Waals surface area contributed by atoms with E-state index < -0.39 is 5.97 Å². The molecule has 0 bridgehead atoms. The molecule has 0 saturated heterocycles. The number of nitrogens with zero attached hydrogens (tertiary/aromatic N) is 1. The van der Waals surface area contributed by atoms with Crippen LogP contribution in [-0.2, 0) is 4.79 Å². The lowest BCUT2D eigenvalue weighted by molar-refractivity contribution is -0.131. The van der Waals surface area contributed by atoms with Gasteiger partial charge in [-0.1, -0.05) is 6.07 Å². The van der Waals surface area contributed by atoms with Crippen molar-refractivity contribution in [2.75, 3.05) is 13.7 Å². The van der Waals surface area contributed by atoms with Crippen LogP contribution in [0.2, 0.25) is 0 Å². The van der Waals surface area contributed by atoms with Crippen LogP contribution >= 0.6 is 0 Å². The lowest BCUT2D eigenvalue weighted by atomic mass is 10.2. The minimum absolute atomic E-state index is 0.0688. The molecule has 17 heavy (non-hydrogen) atoms. The molecule has 5 nitrogen and oxygen atoms in total. The normalized spacial score (nSPS) is 9.88. The second-order valence-electron chi connectivity index (χ2n) is 3.03. The Morgan fingerprint density at radius 3 is 2.88 bits per heavy atom. The molecule has 0 amide bonds. The van der Waals surface area contributed by atoms with Crippen molar-refractivity contribution < 1.29 is 19.4 Å². The number of methoxy groups -OCH3 is 1. The number of carbonyl (C=O) groups is 1. The molecule has 1 aromatic carbocycles. The molecule has 0 saturated carbocycles. The van der Waals surface area contributed by atoms with E-state index in [9.17, 15) is 4.79 Å². The molecule has 0 unspecified atom stereocenters. The number of ether oxygens (including phenoxy) is 2. The summed E-state index contributed by atoms with van der Waals surface area (Å²) >= 11 is 0. The van der Waals surface area contributed by atoms with E-state index in [1.54, 1.807) is 18.2 Å². The van der Waals surface area contributed by atoms with Crippen LogP contribution in [0.5, 0.6) is 11.5 Å². The van der Waals surface area contributed by atoms with Crippen molar-refractivity contribution in [3.05, 3.63) is 29.8 Å². The van der Waals surface area contributed by atoms with Gasteiger partial charge in [0.25, 0.3) is 0 Å². The fourth-order valence-electron chi connectivity index (χ4n) is 1.18. The number of nitriles is 1. The second-order valence-corrected chi connectivity index (χ2v) is 3.03. The fourth-order valence-corrected chi connectivity index (χ4v) is 1.18. The number of aliphatic carboxylic acids is 1. The van der Waals surface area contributed by atoms with Crippen LogP contribution in [-0.4, -0.2) is 24.8 Å². The monoisotopic (exact) mass is 233 g/mol. The molecule has 0 aliphatic heterocycles. The third kappa shape index (κ3) is 3.87. The van der Waals surface area contributed by atoms with Gasteiger partial charge in [-0.15, -0.1) is 0 Å². The van der Waals surface area contributed by atoms with E-state index in [-0.39, 0.29) is 6.61 Å². The van der Waals surface area contributed by atoms with Crippen molar-refractivity contribution >= 4 is 12.0 Å². The van der Waals surface area contributed by atoms with Crippen molar-refractivity contribution in [3.63, 3.8) is 0 Å². The number of carboxylic acid groups (broad SMARTS) is 1. The summed E-state index contributed by atoms with van der Waals surface area (Å²) in [6.45, 7) is -0.0688. The van der Waals surface area contributed by atoms with E-state index >= 15 is 0 Å². The zero-order valence-corrected chi connectivity index (χ0v) is 9.21. The Balaban J connectivity index is 2.92. The summed E-state index contributed by atoms with van der Waals surface area (Å²) in [7, 11) is 1.47. The van der Waals surface area contributed by atoms with Gasteiger partial charge in [-0.2, -0.15) is 5.26 Å². The van der Waals surface area contributed by atoms with Gasteiger partial charge < -0.3 is 14.6 Å². The highest BCUT2D eigenvalue weighted by atomic mass is 16.5. The Morgan fingerprint density at radius 2 is 2.29 bits per heavy atom. The number of rotatable bonds is 5. The molecule has 0 atom stereocenters. The maximum atomic E-state index is 10.4. The molecule has 0 spiro atoms. The third-order valence-electron chi connectivity index (χ3n) is 1.90. The summed E-state index contributed by atoms with van der Waals surface area (Å²) in [4.78, 5) is 10.4. The van der Waals surface area contributed by atoms with Gasteiger partial charge in [-0.25, -0.2) is 4.79 Å². The quantitative estimate of drug-likeness (QED) is 0.783. The molecular weight excluding hydrogens is 222 g/mol. The summed E-state index contributed by atoms with van der Waals surface area (Å²) in [6, 6.07) is 6.78. The van der Waals surface area contributed by atoms with Gasteiger partial charge in [0, 0.05) is 6.08 Å². The second kappa shape index (κ2) is 6.18. The highest BCUT2D eigenvalue weighted by Gasteiger charge is 2.04. The van der Waals surface area contributed by atoms with E-state index in [0.717, 1.165) is 6.08 Å². The zero-order valence-electron chi connectivity index (χ0n) is 9.21. The van der Waals surface area contributed by atoms with Crippen molar-refractivity contribution in [1.29, 1.82) is 5.26 Å². The van der Waals surface area contributed by atoms with E-state index in [1.807, 2.05) is 6.07 Å². The molecule has 1 rings (SSSR count). The molecule has 1 N–H and O–H groups in total.